The van der Waals surface area contributed by atoms with Gasteiger partial charge in [0.2, 0.25) is 0 Å². The molecule has 19 heavy (non-hydrogen) atoms. The number of benzene rings is 1. The first-order valence-electron chi connectivity index (χ1n) is 6.49. The second-order valence-electron chi connectivity index (χ2n) is 4.77. The van der Waals surface area contributed by atoms with E-state index in [1.54, 1.807) is 0 Å². The summed E-state index contributed by atoms with van der Waals surface area (Å²) in [7, 11) is 0. The average molecular weight is 323 g/mol. The van der Waals surface area contributed by atoms with Crippen molar-refractivity contribution in [3.05, 3.63) is 51.3 Å². The summed E-state index contributed by atoms with van der Waals surface area (Å²) in [6.07, 6.45) is 0.0882. The van der Waals surface area contributed by atoms with Gasteiger partial charge in [-0.1, -0.05) is 28.1 Å². The molecule has 0 radical (unpaired) electrons. The molecule has 0 aliphatic carbocycles. The molecule has 3 nitrogen and oxygen atoms in total. The molecule has 4 heteroatoms. The van der Waals surface area contributed by atoms with Crippen molar-refractivity contribution in [3.8, 4) is 0 Å². The predicted molar refractivity (Wildman–Crippen MR) is 80.2 cm³/mol. The van der Waals surface area contributed by atoms with Crippen LogP contribution in [0, 0.1) is 13.8 Å². The average Bonchev–Trinajstić information content (AvgIpc) is 2.72. The Morgan fingerprint density at radius 2 is 2.11 bits per heavy atom. The first-order chi connectivity index (χ1) is 9.02. The fourth-order valence-corrected chi connectivity index (χ4v) is 2.71. The zero-order chi connectivity index (χ0) is 14.0. The molecular formula is C15H19BrN2O. The van der Waals surface area contributed by atoms with Crippen LogP contribution in [0.5, 0.6) is 0 Å². The molecule has 0 bridgehead atoms. The molecule has 0 aliphatic heterocycles. The Morgan fingerprint density at radius 1 is 1.37 bits per heavy atom. The van der Waals surface area contributed by atoms with E-state index in [9.17, 15) is 5.11 Å². The van der Waals surface area contributed by atoms with E-state index in [4.69, 9.17) is 0 Å². The van der Waals surface area contributed by atoms with Crippen LogP contribution in [0.15, 0.2) is 28.7 Å². The van der Waals surface area contributed by atoms with Gasteiger partial charge in [-0.05, 0) is 44.0 Å². The lowest BCUT2D eigenvalue weighted by atomic mass is 10.00. The molecule has 1 aromatic heterocycles. The Morgan fingerprint density at radius 3 is 2.79 bits per heavy atom. The van der Waals surface area contributed by atoms with Gasteiger partial charge in [-0.2, -0.15) is 5.10 Å². The second kappa shape index (κ2) is 5.88. The normalized spacial score (nSPS) is 12.7. The minimum Gasteiger partial charge on any atom is -0.388 e. The SMILES string of the molecule is CCn1nc(C)cc1CC(O)c1cccc(Br)c1C. The monoisotopic (exact) mass is 322 g/mol. The highest BCUT2D eigenvalue weighted by atomic mass is 79.9. The van der Waals surface area contributed by atoms with Crippen molar-refractivity contribution >= 4 is 15.9 Å². The van der Waals surface area contributed by atoms with E-state index in [1.165, 1.54) is 0 Å². The van der Waals surface area contributed by atoms with Gasteiger partial charge < -0.3 is 5.11 Å². The van der Waals surface area contributed by atoms with E-state index >= 15 is 0 Å². The zero-order valence-corrected chi connectivity index (χ0v) is 13.1. The zero-order valence-electron chi connectivity index (χ0n) is 11.5. The summed E-state index contributed by atoms with van der Waals surface area (Å²) in [5.74, 6) is 0. The maximum absolute atomic E-state index is 10.4. The third-order valence-electron chi connectivity index (χ3n) is 3.36. The molecule has 0 fully saturated rings. The molecule has 0 spiro atoms. The summed E-state index contributed by atoms with van der Waals surface area (Å²) in [6, 6.07) is 7.97. The van der Waals surface area contributed by atoms with Gasteiger partial charge in [-0.25, -0.2) is 0 Å². The molecule has 0 saturated heterocycles. The van der Waals surface area contributed by atoms with Crippen molar-refractivity contribution in [2.45, 2.75) is 39.8 Å². The van der Waals surface area contributed by atoms with Gasteiger partial charge in [0.1, 0.15) is 0 Å². The van der Waals surface area contributed by atoms with Gasteiger partial charge in [0.25, 0.3) is 0 Å². The van der Waals surface area contributed by atoms with Crippen LogP contribution in [0.1, 0.15) is 35.5 Å². The largest absolute Gasteiger partial charge is 0.388 e. The van der Waals surface area contributed by atoms with Crippen LogP contribution in [-0.2, 0) is 13.0 Å². The lowest BCUT2D eigenvalue weighted by Gasteiger charge is -2.15. The summed E-state index contributed by atoms with van der Waals surface area (Å²) in [5, 5.41) is 14.9. The van der Waals surface area contributed by atoms with Crippen LogP contribution in [0.3, 0.4) is 0 Å². The lowest BCUT2D eigenvalue weighted by Crippen LogP contribution is -2.09. The van der Waals surface area contributed by atoms with Gasteiger partial charge in [-0.15, -0.1) is 0 Å². The van der Waals surface area contributed by atoms with Crippen molar-refractivity contribution in [2.24, 2.45) is 0 Å². The van der Waals surface area contributed by atoms with E-state index in [2.05, 4.69) is 28.0 Å². The molecule has 1 aromatic carbocycles. The van der Waals surface area contributed by atoms with Crippen molar-refractivity contribution in [2.75, 3.05) is 0 Å². The van der Waals surface area contributed by atoms with E-state index in [-0.39, 0.29) is 0 Å². The van der Waals surface area contributed by atoms with Crippen LogP contribution >= 0.6 is 15.9 Å². The molecule has 0 amide bonds. The van der Waals surface area contributed by atoms with Crippen LogP contribution in [0.2, 0.25) is 0 Å². The predicted octanol–water partition coefficient (Wildman–Crippen LogP) is 3.56. The second-order valence-corrected chi connectivity index (χ2v) is 5.62. The Balaban J connectivity index is 2.25. The molecular weight excluding hydrogens is 304 g/mol. The minimum atomic E-state index is -0.501. The number of aliphatic hydroxyl groups excluding tert-OH is 1. The minimum absolute atomic E-state index is 0.501. The van der Waals surface area contributed by atoms with Crippen molar-refractivity contribution in [1.82, 2.24) is 9.78 Å². The lowest BCUT2D eigenvalue weighted by molar-refractivity contribution is 0.174. The van der Waals surface area contributed by atoms with Gasteiger partial charge >= 0.3 is 0 Å². The number of aliphatic hydroxyl groups is 1. The Bertz CT molecular complexity index is 578. The van der Waals surface area contributed by atoms with E-state index < -0.39 is 6.10 Å². The number of aryl methyl sites for hydroxylation is 2. The standard InChI is InChI=1S/C15H19BrN2O/c1-4-18-12(8-10(2)17-18)9-15(19)13-6-5-7-14(16)11(13)3/h5-8,15,19H,4,9H2,1-3H3. The van der Waals surface area contributed by atoms with Crippen LogP contribution in [0.4, 0.5) is 0 Å². The summed E-state index contributed by atoms with van der Waals surface area (Å²) in [6.45, 7) is 6.89. The highest BCUT2D eigenvalue weighted by Crippen LogP contribution is 2.26. The molecule has 1 N–H and O–H groups in total. The van der Waals surface area contributed by atoms with Crippen molar-refractivity contribution < 1.29 is 5.11 Å². The summed E-state index contributed by atoms with van der Waals surface area (Å²) in [5.41, 5.74) is 4.13. The first-order valence-corrected chi connectivity index (χ1v) is 7.28. The first kappa shape index (κ1) is 14.3. The molecule has 0 aliphatic rings. The smallest absolute Gasteiger partial charge is 0.0848 e. The Labute approximate surface area is 122 Å². The molecule has 2 aromatic rings. The van der Waals surface area contributed by atoms with Crippen molar-refractivity contribution in [1.29, 1.82) is 0 Å². The summed E-state index contributed by atoms with van der Waals surface area (Å²) in [4.78, 5) is 0. The Kier molecular flexibility index (Phi) is 4.42. The quantitative estimate of drug-likeness (QED) is 0.934. The van der Waals surface area contributed by atoms with Gasteiger partial charge in [0.15, 0.2) is 0 Å². The topological polar surface area (TPSA) is 38.0 Å². The van der Waals surface area contributed by atoms with Crippen LogP contribution in [0.25, 0.3) is 0 Å². The number of aromatic nitrogens is 2. The fraction of sp³-hybridized carbons (Fsp3) is 0.400. The Hall–Kier alpha value is -1.13. The van der Waals surface area contributed by atoms with Gasteiger partial charge in [0.05, 0.1) is 11.8 Å². The number of hydrogen-bond acceptors (Lipinski definition) is 2. The number of halogens is 1. The molecule has 1 atom stereocenters. The number of nitrogens with zero attached hydrogens (tertiary/aromatic N) is 2. The molecule has 2 rings (SSSR count). The highest BCUT2D eigenvalue weighted by molar-refractivity contribution is 9.10. The number of rotatable bonds is 4. The summed E-state index contributed by atoms with van der Waals surface area (Å²) < 4.78 is 2.98. The molecule has 0 saturated carbocycles. The molecule has 1 unspecified atom stereocenters. The third kappa shape index (κ3) is 3.07. The van der Waals surface area contributed by atoms with E-state index in [0.29, 0.717) is 6.42 Å². The highest BCUT2D eigenvalue weighted by Gasteiger charge is 2.15. The van der Waals surface area contributed by atoms with E-state index in [1.807, 2.05) is 42.8 Å². The van der Waals surface area contributed by atoms with Gasteiger partial charge in [-0.3, -0.25) is 4.68 Å². The van der Waals surface area contributed by atoms with Crippen LogP contribution < -0.4 is 0 Å². The van der Waals surface area contributed by atoms with Gasteiger partial charge in [0, 0.05) is 23.1 Å². The van der Waals surface area contributed by atoms with Crippen LogP contribution in [-0.4, -0.2) is 14.9 Å². The number of hydrogen-bond donors (Lipinski definition) is 1. The molecule has 102 valence electrons. The maximum Gasteiger partial charge on any atom is 0.0848 e. The maximum atomic E-state index is 10.4. The third-order valence-corrected chi connectivity index (χ3v) is 4.22. The fourth-order valence-electron chi connectivity index (χ4n) is 2.33. The van der Waals surface area contributed by atoms with Crippen molar-refractivity contribution in [3.63, 3.8) is 0 Å². The van der Waals surface area contributed by atoms with E-state index in [0.717, 1.165) is 33.5 Å². The molecule has 1 heterocycles. The summed E-state index contributed by atoms with van der Waals surface area (Å²) >= 11 is 3.50.